The average molecular weight is 521 g/mol. The maximum Gasteiger partial charge on any atom is 0.407 e. The quantitative estimate of drug-likeness (QED) is 0.580. The number of benzene rings is 1. The zero-order chi connectivity index (χ0) is 25.5. The first-order valence-electron chi connectivity index (χ1n) is 11.7. The molecule has 10 heteroatoms. The fourth-order valence-corrected chi connectivity index (χ4v) is 5.10. The molecule has 4 amide bonds. The molecule has 188 valence electrons. The van der Waals surface area contributed by atoms with Crippen LogP contribution in [0.25, 0.3) is 0 Å². The summed E-state index contributed by atoms with van der Waals surface area (Å²) in [6.07, 6.45) is 0.565. The summed E-state index contributed by atoms with van der Waals surface area (Å²) >= 11 is 12.0. The summed E-state index contributed by atoms with van der Waals surface area (Å²) in [5, 5.41) is 13.4. The number of halogens is 2. The lowest BCUT2D eigenvalue weighted by Gasteiger charge is -2.53. The van der Waals surface area contributed by atoms with E-state index in [-0.39, 0.29) is 35.9 Å². The Morgan fingerprint density at radius 1 is 1.06 bits per heavy atom. The Labute approximate surface area is 215 Å². The second-order valence-corrected chi connectivity index (χ2v) is 11.4. The largest absolute Gasteiger partial charge is 0.465 e. The van der Waals surface area contributed by atoms with Gasteiger partial charge in [-0.3, -0.25) is 4.79 Å². The highest BCUT2D eigenvalue weighted by Crippen LogP contribution is 2.39. The van der Waals surface area contributed by atoms with Crippen molar-refractivity contribution in [1.29, 1.82) is 0 Å². The van der Waals surface area contributed by atoms with Crippen molar-refractivity contribution >= 4 is 41.2 Å². The summed E-state index contributed by atoms with van der Waals surface area (Å²) in [5.41, 5.74) is -0.143. The molecule has 0 bridgehead atoms. The van der Waals surface area contributed by atoms with Crippen LogP contribution in [0.4, 0.5) is 9.59 Å². The monoisotopic (exact) mass is 520 g/mol. The summed E-state index contributed by atoms with van der Waals surface area (Å²) in [7, 11) is 0. The molecule has 8 nitrogen and oxygen atoms in total. The standard InChI is InChI=1S/C25H30Cl2N4O4/c1-24(2,3)20-17(15-31(20)23(34)35)21(32)29-10-12-30(13-11-29)22(33)28-25(8-9-25)7-6-16-4-5-18(26)19(27)14-16/h4-5,14,17,20H,8-13,15H2,1-3H3,(H,28,33)(H,34,35). The molecule has 1 aromatic carbocycles. The lowest BCUT2D eigenvalue weighted by molar-refractivity contribution is -0.150. The van der Waals surface area contributed by atoms with E-state index >= 15 is 0 Å². The summed E-state index contributed by atoms with van der Waals surface area (Å²) in [6.45, 7) is 7.77. The predicted molar refractivity (Wildman–Crippen MR) is 133 cm³/mol. The van der Waals surface area contributed by atoms with Crippen molar-refractivity contribution in [1.82, 2.24) is 20.0 Å². The zero-order valence-electron chi connectivity index (χ0n) is 20.1. The molecular weight excluding hydrogens is 491 g/mol. The number of urea groups is 1. The fraction of sp³-hybridized carbons (Fsp3) is 0.560. The maximum atomic E-state index is 13.1. The molecule has 1 aliphatic carbocycles. The van der Waals surface area contributed by atoms with Crippen molar-refractivity contribution in [2.24, 2.45) is 11.3 Å². The fourth-order valence-electron chi connectivity index (χ4n) is 4.81. The van der Waals surface area contributed by atoms with Gasteiger partial charge in [0.2, 0.25) is 5.91 Å². The van der Waals surface area contributed by atoms with Crippen molar-refractivity contribution in [2.45, 2.75) is 45.2 Å². The van der Waals surface area contributed by atoms with E-state index in [4.69, 9.17) is 23.2 Å². The van der Waals surface area contributed by atoms with Crippen LogP contribution in [-0.2, 0) is 4.79 Å². The SMILES string of the molecule is CC(C)(C)C1C(C(=O)N2CCN(C(=O)NC3(C#Cc4ccc(Cl)c(Cl)c4)CC3)CC2)CN1C(=O)O. The first-order valence-corrected chi connectivity index (χ1v) is 12.5. The Hall–Kier alpha value is -2.63. The van der Waals surface area contributed by atoms with Crippen molar-refractivity contribution in [3.63, 3.8) is 0 Å². The number of hydrogen-bond donors (Lipinski definition) is 2. The number of carbonyl (C=O) groups is 3. The Bertz CT molecular complexity index is 1090. The van der Waals surface area contributed by atoms with Gasteiger partial charge < -0.3 is 25.1 Å². The molecule has 2 N–H and O–H groups in total. The van der Waals surface area contributed by atoms with Gasteiger partial charge in [0, 0.05) is 38.3 Å². The van der Waals surface area contributed by atoms with Gasteiger partial charge in [-0.05, 0) is 36.5 Å². The van der Waals surface area contributed by atoms with Gasteiger partial charge in [0.15, 0.2) is 0 Å². The molecule has 3 aliphatic rings. The van der Waals surface area contributed by atoms with Crippen molar-refractivity contribution in [3.05, 3.63) is 33.8 Å². The zero-order valence-corrected chi connectivity index (χ0v) is 21.6. The second kappa shape index (κ2) is 9.44. The number of piperazine rings is 1. The molecular formula is C25H30Cl2N4O4. The summed E-state index contributed by atoms with van der Waals surface area (Å²) in [5.74, 6) is 5.86. The van der Waals surface area contributed by atoms with E-state index in [2.05, 4.69) is 17.2 Å². The molecule has 2 unspecified atom stereocenters. The molecule has 3 fully saturated rings. The van der Waals surface area contributed by atoms with Gasteiger partial charge in [-0.1, -0.05) is 55.8 Å². The van der Waals surface area contributed by atoms with Gasteiger partial charge in [0.1, 0.15) is 5.54 Å². The van der Waals surface area contributed by atoms with E-state index in [0.29, 0.717) is 36.2 Å². The van der Waals surface area contributed by atoms with Crippen LogP contribution in [0.15, 0.2) is 18.2 Å². The van der Waals surface area contributed by atoms with E-state index in [1.54, 1.807) is 28.0 Å². The van der Waals surface area contributed by atoms with E-state index in [0.717, 1.165) is 18.4 Å². The molecule has 2 aliphatic heterocycles. The third-order valence-corrected chi connectivity index (χ3v) is 7.64. The lowest BCUT2D eigenvalue weighted by atomic mass is 9.71. The molecule has 0 radical (unpaired) electrons. The molecule has 2 atom stereocenters. The lowest BCUT2D eigenvalue weighted by Crippen LogP contribution is -2.68. The number of nitrogens with zero attached hydrogens (tertiary/aromatic N) is 3. The highest BCUT2D eigenvalue weighted by Gasteiger charge is 2.53. The van der Waals surface area contributed by atoms with Crippen molar-refractivity contribution in [2.75, 3.05) is 32.7 Å². The maximum absolute atomic E-state index is 13.1. The van der Waals surface area contributed by atoms with Gasteiger partial charge >= 0.3 is 12.1 Å². The van der Waals surface area contributed by atoms with Gasteiger partial charge in [0.25, 0.3) is 0 Å². The normalized spacial score (nSPS) is 23.1. The van der Waals surface area contributed by atoms with Crippen LogP contribution in [0.1, 0.15) is 39.2 Å². The van der Waals surface area contributed by atoms with Crippen LogP contribution in [0.5, 0.6) is 0 Å². The van der Waals surface area contributed by atoms with Crippen LogP contribution in [-0.4, -0.2) is 82.1 Å². The van der Waals surface area contributed by atoms with E-state index in [9.17, 15) is 19.5 Å². The second-order valence-electron chi connectivity index (χ2n) is 10.6. The number of likely N-dealkylation sites (tertiary alicyclic amines) is 1. The minimum absolute atomic E-state index is 0.0337. The van der Waals surface area contributed by atoms with Gasteiger partial charge in [-0.15, -0.1) is 0 Å². The molecule has 0 aromatic heterocycles. The van der Waals surface area contributed by atoms with Crippen LogP contribution >= 0.6 is 23.2 Å². The summed E-state index contributed by atoms with van der Waals surface area (Å²) < 4.78 is 0. The van der Waals surface area contributed by atoms with Gasteiger partial charge in [0.05, 0.1) is 22.0 Å². The van der Waals surface area contributed by atoms with Gasteiger partial charge in [-0.25, -0.2) is 9.59 Å². The Morgan fingerprint density at radius 3 is 2.23 bits per heavy atom. The topological polar surface area (TPSA) is 93.2 Å². The van der Waals surface area contributed by atoms with Crippen molar-refractivity contribution < 1.29 is 19.5 Å². The minimum atomic E-state index is -0.994. The summed E-state index contributed by atoms with van der Waals surface area (Å²) in [6, 6.07) is 4.65. The highest BCUT2D eigenvalue weighted by atomic mass is 35.5. The van der Waals surface area contributed by atoms with Crippen molar-refractivity contribution in [3.8, 4) is 11.8 Å². The number of nitrogens with one attached hydrogen (secondary N) is 1. The predicted octanol–water partition coefficient (Wildman–Crippen LogP) is 3.76. The number of carboxylic acid groups (broad SMARTS) is 1. The third kappa shape index (κ3) is 5.46. The minimum Gasteiger partial charge on any atom is -0.465 e. The van der Waals surface area contributed by atoms with Crippen LogP contribution in [0.2, 0.25) is 10.0 Å². The Kier molecular flexibility index (Phi) is 6.87. The number of amides is 4. The van der Waals surface area contributed by atoms with Gasteiger partial charge in [-0.2, -0.15) is 0 Å². The Morgan fingerprint density at radius 2 is 1.69 bits per heavy atom. The molecule has 1 saturated carbocycles. The average Bonchev–Trinajstić information content (AvgIpc) is 3.52. The first kappa shape index (κ1) is 25.5. The van der Waals surface area contributed by atoms with E-state index < -0.39 is 11.6 Å². The number of rotatable bonds is 2. The van der Waals surface area contributed by atoms with E-state index in [1.807, 2.05) is 20.8 Å². The highest BCUT2D eigenvalue weighted by molar-refractivity contribution is 6.42. The third-order valence-electron chi connectivity index (χ3n) is 6.90. The van der Waals surface area contributed by atoms with Crippen LogP contribution in [0.3, 0.4) is 0 Å². The van der Waals surface area contributed by atoms with Crippen LogP contribution in [0, 0.1) is 23.2 Å². The van der Waals surface area contributed by atoms with Crippen LogP contribution < -0.4 is 5.32 Å². The first-order chi connectivity index (χ1) is 16.4. The molecule has 2 saturated heterocycles. The van der Waals surface area contributed by atoms with E-state index in [1.165, 1.54) is 4.90 Å². The Balaban J connectivity index is 1.31. The number of carbonyl (C=O) groups excluding carboxylic acids is 2. The summed E-state index contributed by atoms with van der Waals surface area (Å²) in [4.78, 5) is 42.3. The number of hydrogen-bond acceptors (Lipinski definition) is 3. The molecule has 1 aromatic rings. The molecule has 2 heterocycles. The smallest absolute Gasteiger partial charge is 0.407 e. The molecule has 35 heavy (non-hydrogen) atoms. The molecule has 0 spiro atoms. The molecule has 4 rings (SSSR count).